The van der Waals surface area contributed by atoms with Gasteiger partial charge in [0.25, 0.3) is 0 Å². The number of ether oxygens (including phenoxy) is 2. The lowest BCUT2D eigenvalue weighted by molar-refractivity contribution is 0.331. The molecular weight excluding hydrogens is 399 g/mol. The molecule has 1 aromatic heterocycles. The van der Waals surface area contributed by atoms with E-state index in [0.717, 1.165) is 12.1 Å². The molecule has 0 bridgehead atoms. The Balaban J connectivity index is 1.72. The monoisotopic (exact) mass is 421 g/mol. The average molecular weight is 421 g/mol. The zero-order valence-corrected chi connectivity index (χ0v) is 16.9. The minimum Gasteiger partial charge on any atom is -0.473 e. The number of halogens is 3. The van der Waals surface area contributed by atoms with Crippen LogP contribution in [-0.4, -0.2) is 29.8 Å². The Bertz CT molecular complexity index is 1040. The molecule has 0 radical (unpaired) electrons. The SMILES string of the molecule is CC/C(=C\C(F)=C(/C)Oc1cc(F)cc(F)c1)COc1cc2n(c(=O)n1)CCN2C. The van der Waals surface area contributed by atoms with Gasteiger partial charge in [0.15, 0.2) is 5.83 Å². The van der Waals surface area contributed by atoms with Crippen LogP contribution in [0.3, 0.4) is 0 Å². The minimum absolute atomic E-state index is 0.0192. The molecule has 0 saturated carbocycles. The molecule has 0 saturated heterocycles. The molecule has 0 amide bonds. The van der Waals surface area contributed by atoms with E-state index in [1.54, 1.807) is 10.6 Å². The third kappa shape index (κ3) is 5.03. The summed E-state index contributed by atoms with van der Waals surface area (Å²) in [7, 11) is 1.87. The van der Waals surface area contributed by atoms with Crippen LogP contribution in [0, 0.1) is 11.6 Å². The van der Waals surface area contributed by atoms with Gasteiger partial charge in [0, 0.05) is 44.4 Å². The van der Waals surface area contributed by atoms with Gasteiger partial charge in [-0.2, -0.15) is 4.98 Å². The van der Waals surface area contributed by atoms with Gasteiger partial charge in [-0.05, 0) is 25.0 Å². The normalized spacial score (nSPS) is 14.5. The number of rotatable bonds is 7. The molecule has 0 unspecified atom stereocenters. The van der Waals surface area contributed by atoms with E-state index in [1.807, 2.05) is 18.9 Å². The second kappa shape index (κ2) is 9.06. The minimum atomic E-state index is -0.820. The maximum Gasteiger partial charge on any atom is 0.352 e. The summed E-state index contributed by atoms with van der Waals surface area (Å²) in [4.78, 5) is 17.9. The lowest BCUT2D eigenvalue weighted by Gasteiger charge is -2.13. The molecule has 9 heteroatoms. The van der Waals surface area contributed by atoms with Crippen LogP contribution in [0.5, 0.6) is 11.6 Å². The second-order valence-corrected chi connectivity index (χ2v) is 6.86. The van der Waals surface area contributed by atoms with Gasteiger partial charge in [-0.1, -0.05) is 6.92 Å². The third-order valence-electron chi connectivity index (χ3n) is 4.65. The maximum absolute atomic E-state index is 14.5. The fraction of sp³-hybridized carbons (Fsp3) is 0.333. The van der Waals surface area contributed by atoms with Crippen molar-refractivity contribution in [2.24, 2.45) is 0 Å². The van der Waals surface area contributed by atoms with Gasteiger partial charge >= 0.3 is 5.69 Å². The Labute approximate surface area is 171 Å². The van der Waals surface area contributed by atoms with Crippen molar-refractivity contribution in [2.75, 3.05) is 25.1 Å². The summed E-state index contributed by atoms with van der Waals surface area (Å²) in [6, 6.07) is 4.29. The molecule has 0 atom stereocenters. The highest BCUT2D eigenvalue weighted by atomic mass is 19.1. The van der Waals surface area contributed by atoms with Crippen molar-refractivity contribution in [1.82, 2.24) is 9.55 Å². The molecule has 2 aromatic rings. The molecule has 6 nitrogen and oxygen atoms in total. The predicted octanol–water partition coefficient (Wildman–Crippen LogP) is 3.97. The maximum atomic E-state index is 14.5. The molecule has 160 valence electrons. The number of fused-ring (bicyclic) bond motifs is 1. The van der Waals surface area contributed by atoms with E-state index in [1.165, 1.54) is 13.0 Å². The molecular formula is C21H22F3N3O3. The van der Waals surface area contributed by atoms with E-state index < -0.39 is 23.2 Å². The Hall–Kier alpha value is -3.23. The van der Waals surface area contributed by atoms with Crippen LogP contribution < -0.4 is 20.1 Å². The predicted molar refractivity (Wildman–Crippen MR) is 106 cm³/mol. The highest BCUT2D eigenvalue weighted by molar-refractivity contribution is 5.44. The molecule has 1 aliphatic heterocycles. The van der Waals surface area contributed by atoms with Crippen molar-refractivity contribution in [2.45, 2.75) is 26.8 Å². The molecule has 0 N–H and O–H groups in total. The summed E-state index contributed by atoms with van der Waals surface area (Å²) >= 11 is 0. The molecule has 0 fully saturated rings. The number of nitrogens with zero attached hydrogens (tertiary/aromatic N) is 3. The van der Waals surface area contributed by atoms with E-state index >= 15 is 0 Å². The van der Waals surface area contributed by atoms with Gasteiger partial charge < -0.3 is 14.4 Å². The number of benzene rings is 1. The number of aromatic nitrogens is 2. The van der Waals surface area contributed by atoms with Crippen LogP contribution in [0.25, 0.3) is 0 Å². The molecule has 2 heterocycles. The van der Waals surface area contributed by atoms with Crippen LogP contribution in [0.15, 0.2) is 52.3 Å². The van der Waals surface area contributed by atoms with Crippen molar-refractivity contribution >= 4 is 5.82 Å². The van der Waals surface area contributed by atoms with E-state index in [4.69, 9.17) is 9.47 Å². The highest BCUT2D eigenvalue weighted by Gasteiger charge is 2.19. The molecule has 1 aliphatic rings. The van der Waals surface area contributed by atoms with E-state index in [9.17, 15) is 18.0 Å². The first-order valence-electron chi connectivity index (χ1n) is 9.42. The summed E-state index contributed by atoms with van der Waals surface area (Å²) in [6.07, 6.45) is 1.70. The highest BCUT2D eigenvalue weighted by Crippen LogP contribution is 2.23. The molecule has 0 spiro atoms. The van der Waals surface area contributed by atoms with Gasteiger partial charge in [-0.3, -0.25) is 4.57 Å². The fourth-order valence-corrected chi connectivity index (χ4v) is 2.94. The largest absolute Gasteiger partial charge is 0.473 e. The van der Waals surface area contributed by atoms with Crippen molar-refractivity contribution in [3.63, 3.8) is 0 Å². The van der Waals surface area contributed by atoms with Crippen LogP contribution in [0.2, 0.25) is 0 Å². The summed E-state index contributed by atoms with van der Waals surface area (Å²) in [5.74, 6) is -1.77. The zero-order valence-electron chi connectivity index (χ0n) is 16.9. The van der Waals surface area contributed by atoms with Crippen LogP contribution in [0.4, 0.5) is 19.0 Å². The lowest BCUT2D eigenvalue weighted by atomic mass is 10.2. The van der Waals surface area contributed by atoms with E-state index in [-0.39, 0.29) is 24.0 Å². The first-order chi connectivity index (χ1) is 14.3. The molecule has 0 aliphatic carbocycles. The molecule has 3 rings (SSSR count). The van der Waals surface area contributed by atoms with Crippen molar-refractivity contribution in [3.8, 4) is 11.6 Å². The number of likely N-dealkylation sites (N-methyl/N-ethyl adjacent to an activating group) is 1. The van der Waals surface area contributed by atoms with Gasteiger partial charge in [-0.25, -0.2) is 18.0 Å². The fourth-order valence-electron chi connectivity index (χ4n) is 2.94. The van der Waals surface area contributed by atoms with Gasteiger partial charge in [-0.15, -0.1) is 0 Å². The smallest absolute Gasteiger partial charge is 0.352 e. The zero-order chi connectivity index (χ0) is 21.8. The standard InChI is InChI=1S/C21H22F3N3O3/c1-4-14(7-18(24)13(2)30-17-9-15(22)8-16(23)10-17)12-29-19-11-20-26(3)5-6-27(20)21(28)25-19/h7-11H,4-6,12H2,1-3H3/b14-7+,18-13-. The van der Waals surface area contributed by atoms with Gasteiger partial charge in [0.05, 0.1) is 0 Å². The number of allylic oxidation sites excluding steroid dienone is 3. The number of hydrogen-bond donors (Lipinski definition) is 0. The summed E-state index contributed by atoms with van der Waals surface area (Å²) in [5.41, 5.74) is 0.183. The summed E-state index contributed by atoms with van der Waals surface area (Å²) in [6.45, 7) is 4.47. The van der Waals surface area contributed by atoms with Gasteiger partial charge in [0.1, 0.15) is 35.6 Å². The summed E-state index contributed by atoms with van der Waals surface area (Å²) < 4.78 is 53.4. The molecule has 1 aromatic carbocycles. The Morgan fingerprint density at radius 1 is 1.20 bits per heavy atom. The Morgan fingerprint density at radius 3 is 2.57 bits per heavy atom. The average Bonchev–Trinajstić information content (AvgIpc) is 3.05. The first-order valence-corrected chi connectivity index (χ1v) is 9.42. The van der Waals surface area contributed by atoms with E-state index in [0.29, 0.717) is 37.0 Å². The van der Waals surface area contributed by atoms with Crippen LogP contribution >= 0.6 is 0 Å². The third-order valence-corrected chi connectivity index (χ3v) is 4.65. The first kappa shape index (κ1) is 21.5. The second-order valence-electron chi connectivity index (χ2n) is 6.86. The Kier molecular flexibility index (Phi) is 6.49. The van der Waals surface area contributed by atoms with Crippen molar-refractivity contribution in [1.29, 1.82) is 0 Å². The lowest BCUT2D eigenvalue weighted by Crippen LogP contribution is -2.22. The van der Waals surface area contributed by atoms with E-state index in [2.05, 4.69) is 4.98 Å². The van der Waals surface area contributed by atoms with Crippen molar-refractivity contribution < 1.29 is 22.6 Å². The van der Waals surface area contributed by atoms with Crippen LogP contribution in [0.1, 0.15) is 20.3 Å². The van der Waals surface area contributed by atoms with Crippen LogP contribution in [-0.2, 0) is 6.54 Å². The van der Waals surface area contributed by atoms with Crippen molar-refractivity contribution in [3.05, 3.63) is 69.6 Å². The Morgan fingerprint density at radius 2 is 1.90 bits per heavy atom. The number of hydrogen-bond acceptors (Lipinski definition) is 5. The quantitative estimate of drug-likeness (QED) is 0.500. The molecule has 30 heavy (non-hydrogen) atoms. The number of anilines is 1. The topological polar surface area (TPSA) is 56.6 Å². The van der Waals surface area contributed by atoms with Gasteiger partial charge in [0.2, 0.25) is 5.88 Å². The summed E-state index contributed by atoms with van der Waals surface area (Å²) in [5, 5.41) is 0.